The predicted octanol–water partition coefficient (Wildman–Crippen LogP) is 1.95. The van der Waals surface area contributed by atoms with Crippen molar-refractivity contribution < 1.29 is 14.3 Å². The highest BCUT2D eigenvalue weighted by atomic mass is 16.5. The maximum Gasteiger partial charge on any atom is 0.313 e. The first kappa shape index (κ1) is 14.6. The average Bonchev–Trinajstić information content (AvgIpc) is 2.54. The van der Waals surface area contributed by atoms with Gasteiger partial charge in [-0.15, -0.1) is 0 Å². The Kier molecular flexibility index (Phi) is 4.93. The van der Waals surface area contributed by atoms with E-state index >= 15 is 0 Å². The molecule has 0 radical (unpaired) electrons. The number of ether oxygens (including phenoxy) is 1. The van der Waals surface area contributed by atoms with E-state index in [2.05, 4.69) is 10.6 Å². The average molecular weight is 284 g/mol. The minimum absolute atomic E-state index is 0.305. The summed E-state index contributed by atoms with van der Waals surface area (Å²) in [4.78, 5) is 23.6. The molecule has 2 amide bonds. The summed E-state index contributed by atoms with van der Waals surface area (Å²) in [6.07, 6.45) is 0. The van der Waals surface area contributed by atoms with E-state index in [1.165, 1.54) is 7.11 Å². The fourth-order valence-electron chi connectivity index (χ4n) is 1.79. The number of hydrogen-bond donors (Lipinski definition) is 2. The molecular formula is C16H16N2O3. The van der Waals surface area contributed by atoms with Crippen LogP contribution in [0.5, 0.6) is 5.75 Å². The van der Waals surface area contributed by atoms with Gasteiger partial charge in [-0.2, -0.15) is 0 Å². The molecule has 0 spiro atoms. The largest absolute Gasteiger partial charge is 0.495 e. The Hall–Kier alpha value is -2.82. The molecule has 0 fully saturated rings. The molecule has 0 atom stereocenters. The zero-order valence-electron chi connectivity index (χ0n) is 11.6. The van der Waals surface area contributed by atoms with Crippen LogP contribution in [0.2, 0.25) is 0 Å². The minimum atomic E-state index is -0.726. The molecule has 0 aliphatic carbocycles. The summed E-state index contributed by atoms with van der Waals surface area (Å²) in [6.45, 7) is 0.305. The van der Waals surface area contributed by atoms with Gasteiger partial charge in [0.05, 0.1) is 12.8 Å². The predicted molar refractivity (Wildman–Crippen MR) is 79.9 cm³/mol. The Morgan fingerprint density at radius 1 is 0.952 bits per heavy atom. The summed E-state index contributed by atoms with van der Waals surface area (Å²) in [7, 11) is 1.50. The lowest BCUT2D eigenvalue weighted by Gasteiger charge is -2.09. The van der Waals surface area contributed by atoms with Gasteiger partial charge < -0.3 is 15.4 Å². The zero-order valence-corrected chi connectivity index (χ0v) is 11.6. The molecule has 0 saturated carbocycles. The Balaban J connectivity index is 1.92. The Morgan fingerprint density at radius 3 is 2.33 bits per heavy atom. The van der Waals surface area contributed by atoms with Gasteiger partial charge in [0.1, 0.15) is 5.75 Å². The lowest BCUT2D eigenvalue weighted by molar-refractivity contribution is -0.136. The van der Waals surface area contributed by atoms with Crippen molar-refractivity contribution in [3.8, 4) is 5.75 Å². The molecule has 2 N–H and O–H groups in total. The van der Waals surface area contributed by atoms with E-state index in [4.69, 9.17) is 4.74 Å². The van der Waals surface area contributed by atoms with E-state index in [-0.39, 0.29) is 0 Å². The van der Waals surface area contributed by atoms with Gasteiger partial charge in [-0.05, 0) is 17.7 Å². The van der Waals surface area contributed by atoms with Crippen LogP contribution in [-0.2, 0) is 16.1 Å². The minimum Gasteiger partial charge on any atom is -0.495 e. The monoisotopic (exact) mass is 284 g/mol. The molecule has 2 aromatic rings. The normalized spacial score (nSPS) is 9.76. The highest BCUT2D eigenvalue weighted by molar-refractivity contribution is 6.39. The number of anilines is 1. The van der Waals surface area contributed by atoms with Gasteiger partial charge in [-0.3, -0.25) is 9.59 Å². The van der Waals surface area contributed by atoms with Crippen molar-refractivity contribution in [3.63, 3.8) is 0 Å². The number of rotatable bonds is 4. The first-order valence-electron chi connectivity index (χ1n) is 6.47. The standard InChI is InChI=1S/C16H16N2O3/c1-21-14-10-6-5-9-13(14)18-16(20)15(19)17-11-12-7-3-2-4-8-12/h2-10H,11H2,1H3,(H,17,19)(H,18,20). The van der Waals surface area contributed by atoms with Crippen LogP contribution >= 0.6 is 0 Å². The van der Waals surface area contributed by atoms with Crippen molar-refractivity contribution in [2.45, 2.75) is 6.54 Å². The van der Waals surface area contributed by atoms with Crippen molar-refractivity contribution in [2.75, 3.05) is 12.4 Å². The summed E-state index contributed by atoms with van der Waals surface area (Å²) in [6, 6.07) is 16.3. The quantitative estimate of drug-likeness (QED) is 0.843. The topological polar surface area (TPSA) is 67.4 Å². The molecule has 0 heterocycles. The first-order chi connectivity index (χ1) is 10.2. The lowest BCUT2D eigenvalue weighted by atomic mass is 10.2. The number of benzene rings is 2. The highest BCUT2D eigenvalue weighted by Gasteiger charge is 2.15. The van der Waals surface area contributed by atoms with Crippen molar-refractivity contribution in [1.82, 2.24) is 5.32 Å². The molecule has 108 valence electrons. The highest BCUT2D eigenvalue weighted by Crippen LogP contribution is 2.22. The third kappa shape index (κ3) is 4.07. The van der Waals surface area contributed by atoms with Crippen LogP contribution in [0.3, 0.4) is 0 Å². The number of para-hydroxylation sites is 2. The third-order valence-corrected chi connectivity index (χ3v) is 2.86. The number of methoxy groups -OCH3 is 1. The molecule has 0 unspecified atom stereocenters. The van der Waals surface area contributed by atoms with Gasteiger partial charge in [0.15, 0.2) is 0 Å². The van der Waals surface area contributed by atoms with Crippen molar-refractivity contribution in [1.29, 1.82) is 0 Å². The molecule has 0 aromatic heterocycles. The number of amides is 2. The van der Waals surface area contributed by atoms with Gasteiger partial charge in [0, 0.05) is 6.54 Å². The molecule has 0 aliphatic heterocycles. The van der Waals surface area contributed by atoms with Gasteiger partial charge in [0.2, 0.25) is 0 Å². The fraction of sp³-hybridized carbons (Fsp3) is 0.125. The molecule has 0 bridgehead atoms. The fourth-order valence-corrected chi connectivity index (χ4v) is 1.79. The van der Waals surface area contributed by atoms with Crippen LogP contribution in [-0.4, -0.2) is 18.9 Å². The van der Waals surface area contributed by atoms with E-state index in [1.807, 2.05) is 30.3 Å². The van der Waals surface area contributed by atoms with Crippen LogP contribution in [0.25, 0.3) is 0 Å². The second kappa shape index (κ2) is 7.09. The van der Waals surface area contributed by atoms with Crippen molar-refractivity contribution in [2.24, 2.45) is 0 Å². The third-order valence-electron chi connectivity index (χ3n) is 2.86. The smallest absolute Gasteiger partial charge is 0.313 e. The molecule has 5 heteroatoms. The Morgan fingerprint density at radius 2 is 1.62 bits per heavy atom. The first-order valence-corrected chi connectivity index (χ1v) is 6.47. The van der Waals surface area contributed by atoms with Gasteiger partial charge in [-0.1, -0.05) is 42.5 Å². The molecule has 5 nitrogen and oxygen atoms in total. The summed E-state index contributed by atoms with van der Waals surface area (Å²) in [5.41, 5.74) is 1.39. The number of hydrogen-bond acceptors (Lipinski definition) is 3. The lowest BCUT2D eigenvalue weighted by Crippen LogP contribution is -2.35. The zero-order chi connectivity index (χ0) is 15.1. The Labute approximate surface area is 122 Å². The second-order valence-electron chi connectivity index (χ2n) is 4.32. The number of nitrogens with one attached hydrogen (secondary N) is 2. The number of carbonyl (C=O) groups excluding carboxylic acids is 2. The van der Waals surface area contributed by atoms with Gasteiger partial charge in [-0.25, -0.2) is 0 Å². The summed E-state index contributed by atoms with van der Waals surface area (Å²) in [5, 5.41) is 5.09. The SMILES string of the molecule is COc1ccccc1NC(=O)C(=O)NCc1ccccc1. The van der Waals surface area contributed by atoms with Crippen molar-refractivity contribution in [3.05, 3.63) is 60.2 Å². The van der Waals surface area contributed by atoms with E-state index < -0.39 is 11.8 Å². The summed E-state index contributed by atoms with van der Waals surface area (Å²) >= 11 is 0. The van der Waals surface area contributed by atoms with Gasteiger partial charge in [0.25, 0.3) is 0 Å². The molecule has 2 aromatic carbocycles. The van der Waals surface area contributed by atoms with Crippen LogP contribution in [0.15, 0.2) is 54.6 Å². The van der Waals surface area contributed by atoms with E-state index in [0.717, 1.165) is 5.56 Å². The number of carbonyl (C=O) groups is 2. The maximum absolute atomic E-state index is 11.8. The summed E-state index contributed by atoms with van der Waals surface area (Å²) < 4.78 is 5.11. The molecule has 0 aliphatic rings. The summed E-state index contributed by atoms with van der Waals surface area (Å²) in [5.74, 6) is -0.915. The van der Waals surface area contributed by atoms with E-state index in [9.17, 15) is 9.59 Å². The maximum atomic E-state index is 11.8. The van der Waals surface area contributed by atoms with E-state index in [1.54, 1.807) is 24.3 Å². The van der Waals surface area contributed by atoms with Crippen LogP contribution in [0.1, 0.15) is 5.56 Å². The van der Waals surface area contributed by atoms with E-state index in [0.29, 0.717) is 18.0 Å². The van der Waals surface area contributed by atoms with Crippen LogP contribution in [0.4, 0.5) is 5.69 Å². The van der Waals surface area contributed by atoms with Crippen molar-refractivity contribution >= 4 is 17.5 Å². The molecule has 2 rings (SSSR count). The van der Waals surface area contributed by atoms with Crippen LogP contribution in [0, 0.1) is 0 Å². The second-order valence-corrected chi connectivity index (χ2v) is 4.32. The molecule has 21 heavy (non-hydrogen) atoms. The molecular weight excluding hydrogens is 268 g/mol. The Bertz CT molecular complexity index is 626. The van der Waals surface area contributed by atoms with Gasteiger partial charge >= 0.3 is 11.8 Å². The molecule has 0 saturated heterocycles. The van der Waals surface area contributed by atoms with Crippen LogP contribution < -0.4 is 15.4 Å².